The number of thioether (sulfide) groups is 1. The molecule has 0 aliphatic heterocycles. The largest absolute Gasteiger partial charge is 0.480 e. The lowest BCUT2D eigenvalue weighted by Crippen LogP contribution is -2.47. The molecule has 0 aromatic rings. The van der Waals surface area contributed by atoms with Gasteiger partial charge in [-0.1, -0.05) is 0 Å². The molecule has 6 heteroatoms. The third-order valence-electron chi connectivity index (χ3n) is 2.09. The number of nitrogens with zero attached hydrogens (tertiary/aromatic N) is 1. The summed E-state index contributed by atoms with van der Waals surface area (Å²) in [6, 6.07) is -0.751. The van der Waals surface area contributed by atoms with Gasteiger partial charge in [-0.25, -0.2) is 4.79 Å². The van der Waals surface area contributed by atoms with Gasteiger partial charge in [-0.3, -0.25) is 4.79 Å². The van der Waals surface area contributed by atoms with Crippen LogP contribution in [0.4, 0.5) is 0 Å². The quantitative estimate of drug-likeness (QED) is 0.648. The van der Waals surface area contributed by atoms with Crippen molar-refractivity contribution in [3.05, 3.63) is 0 Å². The van der Waals surface area contributed by atoms with Crippen LogP contribution in [0.15, 0.2) is 0 Å². The molecule has 0 spiro atoms. The fraction of sp³-hybridized carbons (Fsp3) is 0.778. The SMILES string of the molecule is CCN(C(=O)CN)C(CCSC)C(=O)O. The second-order valence-corrected chi connectivity index (χ2v) is 4.00. The van der Waals surface area contributed by atoms with E-state index in [2.05, 4.69) is 0 Å². The van der Waals surface area contributed by atoms with E-state index >= 15 is 0 Å². The van der Waals surface area contributed by atoms with E-state index in [1.807, 2.05) is 6.26 Å². The van der Waals surface area contributed by atoms with Gasteiger partial charge in [-0.15, -0.1) is 0 Å². The van der Waals surface area contributed by atoms with Gasteiger partial charge < -0.3 is 15.7 Å². The Morgan fingerprint density at radius 2 is 2.13 bits per heavy atom. The smallest absolute Gasteiger partial charge is 0.326 e. The summed E-state index contributed by atoms with van der Waals surface area (Å²) in [5.41, 5.74) is 5.23. The highest BCUT2D eigenvalue weighted by molar-refractivity contribution is 7.98. The van der Waals surface area contributed by atoms with Gasteiger partial charge >= 0.3 is 5.97 Å². The number of amides is 1. The lowest BCUT2D eigenvalue weighted by atomic mass is 10.2. The van der Waals surface area contributed by atoms with E-state index in [0.29, 0.717) is 18.7 Å². The van der Waals surface area contributed by atoms with Crippen LogP contribution in [0.2, 0.25) is 0 Å². The first-order chi connectivity index (χ1) is 7.08. The zero-order valence-corrected chi connectivity index (χ0v) is 9.92. The maximum absolute atomic E-state index is 11.4. The average Bonchev–Trinajstić information content (AvgIpc) is 2.22. The zero-order valence-electron chi connectivity index (χ0n) is 9.10. The van der Waals surface area contributed by atoms with E-state index in [-0.39, 0.29) is 12.5 Å². The van der Waals surface area contributed by atoms with Crippen molar-refractivity contribution in [2.24, 2.45) is 5.73 Å². The number of hydrogen-bond donors (Lipinski definition) is 2. The Bertz CT molecular complexity index is 223. The summed E-state index contributed by atoms with van der Waals surface area (Å²) in [4.78, 5) is 23.7. The van der Waals surface area contributed by atoms with Gasteiger partial charge in [-0.05, 0) is 25.4 Å². The summed E-state index contributed by atoms with van der Waals surface area (Å²) in [7, 11) is 0. The third kappa shape index (κ3) is 4.53. The highest BCUT2D eigenvalue weighted by atomic mass is 32.2. The molecule has 3 N–H and O–H groups in total. The molecular weight excluding hydrogens is 216 g/mol. The highest BCUT2D eigenvalue weighted by Crippen LogP contribution is 2.09. The number of likely N-dealkylation sites (N-methyl/N-ethyl adjacent to an activating group) is 1. The molecule has 0 heterocycles. The number of carbonyl (C=O) groups is 2. The Morgan fingerprint density at radius 3 is 2.47 bits per heavy atom. The maximum Gasteiger partial charge on any atom is 0.326 e. The van der Waals surface area contributed by atoms with Crippen LogP contribution in [0.1, 0.15) is 13.3 Å². The van der Waals surface area contributed by atoms with Gasteiger partial charge in [0.2, 0.25) is 5.91 Å². The van der Waals surface area contributed by atoms with E-state index in [9.17, 15) is 9.59 Å². The molecule has 0 bridgehead atoms. The summed E-state index contributed by atoms with van der Waals surface area (Å²) < 4.78 is 0. The number of nitrogens with two attached hydrogens (primary N) is 1. The Hall–Kier alpha value is -0.750. The molecule has 0 saturated heterocycles. The molecular formula is C9H18N2O3S. The van der Waals surface area contributed by atoms with Crippen molar-refractivity contribution in [1.82, 2.24) is 4.90 Å². The minimum Gasteiger partial charge on any atom is -0.480 e. The molecule has 5 nitrogen and oxygen atoms in total. The molecule has 0 aliphatic rings. The second kappa shape index (κ2) is 7.53. The van der Waals surface area contributed by atoms with Gasteiger partial charge in [0.1, 0.15) is 6.04 Å². The number of hydrogen-bond acceptors (Lipinski definition) is 4. The number of carboxylic acid groups (broad SMARTS) is 1. The van der Waals surface area contributed by atoms with Crippen molar-refractivity contribution < 1.29 is 14.7 Å². The van der Waals surface area contributed by atoms with Gasteiger partial charge in [0.05, 0.1) is 6.54 Å². The van der Waals surface area contributed by atoms with E-state index < -0.39 is 12.0 Å². The number of aliphatic carboxylic acids is 1. The van der Waals surface area contributed by atoms with Crippen molar-refractivity contribution >= 4 is 23.6 Å². The minimum absolute atomic E-state index is 0.142. The molecule has 1 atom stereocenters. The van der Waals surface area contributed by atoms with Crippen LogP contribution >= 0.6 is 11.8 Å². The van der Waals surface area contributed by atoms with Crippen LogP contribution in [0.25, 0.3) is 0 Å². The van der Waals surface area contributed by atoms with Crippen molar-refractivity contribution in [2.75, 3.05) is 25.1 Å². The molecule has 0 aromatic heterocycles. The van der Waals surface area contributed by atoms with Crippen molar-refractivity contribution in [1.29, 1.82) is 0 Å². The monoisotopic (exact) mass is 234 g/mol. The molecule has 0 aromatic carbocycles. The lowest BCUT2D eigenvalue weighted by molar-refractivity contribution is -0.149. The van der Waals surface area contributed by atoms with Crippen molar-refractivity contribution in [2.45, 2.75) is 19.4 Å². The van der Waals surface area contributed by atoms with Gasteiger partial charge in [0, 0.05) is 6.54 Å². The van der Waals surface area contributed by atoms with Crippen LogP contribution in [0.5, 0.6) is 0 Å². The predicted molar refractivity (Wildman–Crippen MR) is 60.9 cm³/mol. The fourth-order valence-corrected chi connectivity index (χ4v) is 1.79. The second-order valence-electron chi connectivity index (χ2n) is 3.02. The van der Waals surface area contributed by atoms with Crippen molar-refractivity contribution in [3.8, 4) is 0 Å². The summed E-state index contributed by atoms with van der Waals surface area (Å²) in [5.74, 6) is -0.565. The zero-order chi connectivity index (χ0) is 11.8. The molecule has 1 amide bonds. The normalized spacial score (nSPS) is 12.2. The molecule has 0 rings (SSSR count). The van der Waals surface area contributed by atoms with Crippen LogP contribution in [0.3, 0.4) is 0 Å². The van der Waals surface area contributed by atoms with Crippen LogP contribution < -0.4 is 5.73 Å². The summed E-state index contributed by atoms with van der Waals surface area (Å²) in [6.07, 6.45) is 2.36. The Morgan fingerprint density at radius 1 is 1.53 bits per heavy atom. The Kier molecular flexibility index (Phi) is 7.15. The first-order valence-electron chi connectivity index (χ1n) is 4.79. The number of rotatable bonds is 7. The summed E-state index contributed by atoms with van der Waals surface area (Å²) >= 11 is 1.56. The highest BCUT2D eigenvalue weighted by Gasteiger charge is 2.26. The van der Waals surface area contributed by atoms with Crippen LogP contribution in [-0.2, 0) is 9.59 Å². The molecule has 15 heavy (non-hydrogen) atoms. The van der Waals surface area contributed by atoms with Crippen molar-refractivity contribution in [3.63, 3.8) is 0 Å². The first-order valence-corrected chi connectivity index (χ1v) is 6.19. The number of carboxylic acids is 1. The molecule has 1 unspecified atom stereocenters. The third-order valence-corrected chi connectivity index (χ3v) is 2.74. The van der Waals surface area contributed by atoms with Crippen LogP contribution in [0, 0.1) is 0 Å². The minimum atomic E-state index is -0.965. The average molecular weight is 234 g/mol. The standard InChI is InChI=1S/C9H18N2O3S/c1-3-11(8(12)6-10)7(9(13)14)4-5-15-2/h7H,3-6,10H2,1-2H3,(H,13,14). The molecule has 0 fully saturated rings. The first kappa shape index (κ1) is 14.2. The summed E-state index contributed by atoms with van der Waals surface area (Å²) in [5, 5.41) is 9.00. The van der Waals surface area contributed by atoms with E-state index in [1.165, 1.54) is 4.90 Å². The molecule has 0 radical (unpaired) electrons. The lowest BCUT2D eigenvalue weighted by Gasteiger charge is -2.27. The molecule has 0 aliphatic carbocycles. The van der Waals surface area contributed by atoms with E-state index in [4.69, 9.17) is 10.8 Å². The predicted octanol–water partition coefficient (Wildman–Crippen LogP) is -0.0001000. The fourth-order valence-electron chi connectivity index (χ4n) is 1.33. The number of carbonyl (C=O) groups excluding carboxylic acids is 1. The Labute approximate surface area is 94.0 Å². The van der Waals surface area contributed by atoms with Gasteiger partial charge in [0.15, 0.2) is 0 Å². The van der Waals surface area contributed by atoms with Gasteiger partial charge in [0.25, 0.3) is 0 Å². The van der Waals surface area contributed by atoms with E-state index in [1.54, 1.807) is 18.7 Å². The summed E-state index contributed by atoms with van der Waals surface area (Å²) in [6.45, 7) is 1.99. The maximum atomic E-state index is 11.4. The van der Waals surface area contributed by atoms with Gasteiger partial charge in [-0.2, -0.15) is 11.8 Å². The van der Waals surface area contributed by atoms with Crippen LogP contribution in [-0.4, -0.2) is 53.0 Å². The molecule has 88 valence electrons. The van der Waals surface area contributed by atoms with E-state index in [0.717, 1.165) is 0 Å². The Balaban J connectivity index is 4.54. The topological polar surface area (TPSA) is 83.6 Å². The molecule has 0 saturated carbocycles.